The van der Waals surface area contributed by atoms with Gasteiger partial charge < -0.3 is 10.2 Å². The van der Waals surface area contributed by atoms with E-state index in [4.69, 9.17) is 23.2 Å². The highest BCUT2D eigenvalue weighted by Gasteiger charge is 2.44. The molecule has 0 saturated carbocycles. The second-order valence-electron chi connectivity index (χ2n) is 7.24. The van der Waals surface area contributed by atoms with Gasteiger partial charge in [-0.1, -0.05) is 41.4 Å². The topological polar surface area (TPSA) is 66.5 Å². The fourth-order valence-corrected chi connectivity index (χ4v) is 3.75. The predicted octanol–water partition coefficient (Wildman–Crippen LogP) is 3.97. The van der Waals surface area contributed by atoms with Crippen molar-refractivity contribution >= 4 is 40.8 Å². The summed E-state index contributed by atoms with van der Waals surface area (Å²) < 4.78 is 13.1. The highest BCUT2D eigenvalue weighted by molar-refractivity contribution is 6.42. The number of aryl methyl sites for hydroxylation is 1. The van der Waals surface area contributed by atoms with Gasteiger partial charge in [-0.15, -0.1) is 0 Å². The van der Waals surface area contributed by atoms with Crippen molar-refractivity contribution < 1.29 is 18.8 Å². The molecule has 1 aliphatic rings. The van der Waals surface area contributed by atoms with Gasteiger partial charge >= 0.3 is 0 Å². The van der Waals surface area contributed by atoms with E-state index in [0.29, 0.717) is 35.0 Å². The van der Waals surface area contributed by atoms with E-state index in [1.54, 1.807) is 31.2 Å². The number of nitrogens with one attached hydrogen (secondary N) is 1. The molecule has 8 heteroatoms. The monoisotopic (exact) mass is 450 g/mol. The summed E-state index contributed by atoms with van der Waals surface area (Å²) in [4.78, 5) is 38.5. The number of carbonyl (C=O) groups excluding carboxylic acids is 3. The molecule has 0 radical (unpaired) electrons. The molecule has 0 aliphatic carbocycles. The number of halogens is 3. The Morgan fingerprint density at radius 3 is 2.53 bits per heavy atom. The molecule has 0 aromatic heterocycles. The Balaban J connectivity index is 1.53. The van der Waals surface area contributed by atoms with Gasteiger partial charge in [0, 0.05) is 13.1 Å². The summed E-state index contributed by atoms with van der Waals surface area (Å²) in [6.45, 7) is 2.12. The first-order chi connectivity index (χ1) is 14.3. The average molecular weight is 451 g/mol. The number of rotatable bonds is 7. The van der Waals surface area contributed by atoms with E-state index >= 15 is 0 Å². The number of amides is 2. The Labute approximate surface area is 184 Å². The summed E-state index contributed by atoms with van der Waals surface area (Å²) >= 11 is 11.9. The molecule has 2 aromatic carbocycles. The van der Waals surface area contributed by atoms with Gasteiger partial charge in [0.15, 0.2) is 0 Å². The molecular weight excluding hydrogens is 430 g/mol. The maximum atomic E-state index is 13.1. The van der Waals surface area contributed by atoms with Crippen molar-refractivity contribution in [2.24, 2.45) is 5.92 Å². The van der Waals surface area contributed by atoms with Crippen LogP contribution in [0.25, 0.3) is 0 Å². The fourth-order valence-electron chi connectivity index (χ4n) is 3.43. The van der Waals surface area contributed by atoms with Crippen LogP contribution < -0.4 is 5.32 Å². The molecule has 0 bridgehead atoms. The van der Waals surface area contributed by atoms with Crippen molar-refractivity contribution in [3.63, 3.8) is 0 Å². The Bertz CT molecular complexity index is 965. The van der Waals surface area contributed by atoms with Crippen LogP contribution in [0, 0.1) is 11.7 Å². The lowest BCUT2D eigenvalue weighted by atomic mass is 10.1. The van der Waals surface area contributed by atoms with Crippen molar-refractivity contribution in [1.29, 1.82) is 0 Å². The third-order valence-corrected chi connectivity index (χ3v) is 5.97. The summed E-state index contributed by atoms with van der Waals surface area (Å²) in [5.74, 6) is -3.29. The highest BCUT2D eigenvalue weighted by Crippen LogP contribution is 2.27. The quantitative estimate of drug-likeness (QED) is 0.394. The zero-order valence-corrected chi connectivity index (χ0v) is 17.8. The number of hydrogen-bond acceptors (Lipinski definition) is 3. The second-order valence-corrected chi connectivity index (χ2v) is 8.06. The first kappa shape index (κ1) is 22.2. The minimum atomic E-state index is -1.04. The molecule has 1 unspecified atom stereocenters. The Hall–Kier alpha value is -2.44. The summed E-state index contributed by atoms with van der Waals surface area (Å²) in [5.41, 5.74) is 1.69. The predicted molar refractivity (Wildman–Crippen MR) is 113 cm³/mol. The molecule has 158 valence electrons. The minimum absolute atomic E-state index is 0.00877. The van der Waals surface area contributed by atoms with Gasteiger partial charge in [0.25, 0.3) is 5.91 Å². The molecule has 30 heavy (non-hydrogen) atoms. The van der Waals surface area contributed by atoms with Gasteiger partial charge in [-0.2, -0.15) is 0 Å². The van der Waals surface area contributed by atoms with Crippen LogP contribution in [0.15, 0.2) is 42.5 Å². The van der Waals surface area contributed by atoms with E-state index in [1.807, 2.05) is 6.07 Å². The van der Waals surface area contributed by atoms with Crippen LogP contribution in [-0.4, -0.2) is 35.6 Å². The minimum Gasteiger partial charge on any atom is -0.355 e. The largest absolute Gasteiger partial charge is 0.355 e. The smallest absolute Gasteiger partial charge is 0.291 e. The van der Waals surface area contributed by atoms with Crippen molar-refractivity contribution in [3.05, 3.63) is 69.5 Å². The molecule has 5 nitrogen and oxygen atoms in total. The molecular formula is C22H21Cl2FN2O3. The van der Waals surface area contributed by atoms with Crippen LogP contribution >= 0.6 is 23.2 Å². The molecule has 1 N–H and O–H groups in total. The number of ketones is 1. The highest BCUT2D eigenvalue weighted by atomic mass is 35.5. The standard InChI is InChI=1S/C22H21Cl2FN2O3/c1-13(15-5-7-16(25)8-6-15)27-12-17(20(28)22(27)30)21(29)26-10-2-3-14-4-9-18(23)19(24)11-14/h4-9,11,13,17H,2-3,10,12H2,1H3,(H,26,29)/t13-,17?/m0/s1. The lowest BCUT2D eigenvalue weighted by Gasteiger charge is -2.24. The van der Waals surface area contributed by atoms with E-state index in [9.17, 15) is 18.8 Å². The normalized spacial score (nSPS) is 17.3. The van der Waals surface area contributed by atoms with Crippen LogP contribution in [0.4, 0.5) is 4.39 Å². The molecule has 1 saturated heterocycles. The zero-order chi connectivity index (χ0) is 21.8. The van der Waals surface area contributed by atoms with Crippen molar-refractivity contribution in [2.75, 3.05) is 13.1 Å². The lowest BCUT2D eigenvalue weighted by molar-refractivity contribution is -0.143. The maximum Gasteiger partial charge on any atom is 0.291 e. The summed E-state index contributed by atoms with van der Waals surface area (Å²) in [6.07, 6.45) is 1.33. The number of benzene rings is 2. The molecule has 1 fully saturated rings. The van der Waals surface area contributed by atoms with Gasteiger partial charge in [-0.3, -0.25) is 14.4 Å². The molecule has 2 atom stereocenters. The van der Waals surface area contributed by atoms with E-state index in [2.05, 4.69) is 5.32 Å². The van der Waals surface area contributed by atoms with Gasteiger partial charge in [-0.25, -0.2) is 4.39 Å². The van der Waals surface area contributed by atoms with E-state index in [1.165, 1.54) is 17.0 Å². The molecule has 3 rings (SSSR count). The second kappa shape index (κ2) is 9.58. The number of nitrogens with zero attached hydrogens (tertiary/aromatic N) is 1. The third kappa shape index (κ3) is 4.99. The first-order valence-corrected chi connectivity index (χ1v) is 10.4. The van der Waals surface area contributed by atoms with Gasteiger partial charge in [0.2, 0.25) is 11.7 Å². The van der Waals surface area contributed by atoms with Crippen LogP contribution in [0.5, 0.6) is 0 Å². The van der Waals surface area contributed by atoms with E-state index in [-0.39, 0.29) is 12.4 Å². The molecule has 0 spiro atoms. The van der Waals surface area contributed by atoms with Gasteiger partial charge in [0.05, 0.1) is 16.1 Å². The van der Waals surface area contributed by atoms with Crippen LogP contribution in [0.2, 0.25) is 10.0 Å². The summed E-state index contributed by atoms with van der Waals surface area (Å²) in [5, 5.41) is 3.69. The first-order valence-electron chi connectivity index (χ1n) is 9.60. The Morgan fingerprint density at radius 1 is 1.17 bits per heavy atom. The lowest BCUT2D eigenvalue weighted by Crippen LogP contribution is -2.36. The zero-order valence-electron chi connectivity index (χ0n) is 16.3. The fraction of sp³-hybridized carbons (Fsp3) is 0.318. The van der Waals surface area contributed by atoms with Gasteiger partial charge in [0.1, 0.15) is 11.7 Å². The maximum absolute atomic E-state index is 13.1. The molecule has 1 heterocycles. The van der Waals surface area contributed by atoms with E-state index < -0.39 is 29.6 Å². The van der Waals surface area contributed by atoms with Crippen molar-refractivity contribution in [3.8, 4) is 0 Å². The molecule has 2 amide bonds. The van der Waals surface area contributed by atoms with Crippen LogP contribution in [0.3, 0.4) is 0 Å². The van der Waals surface area contributed by atoms with Gasteiger partial charge in [-0.05, 0) is 55.2 Å². The summed E-state index contributed by atoms with van der Waals surface area (Å²) in [6, 6.07) is 10.6. The average Bonchev–Trinajstić information content (AvgIpc) is 3.03. The number of hydrogen-bond donors (Lipinski definition) is 1. The number of carbonyl (C=O) groups is 3. The van der Waals surface area contributed by atoms with Crippen LogP contribution in [0.1, 0.15) is 30.5 Å². The molecule has 2 aromatic rings. The van der Waals surface area contributed by atoms with Crippen molar-refractivity contribution in [2.45, 2.75) is 25.8 Å². The molecule has 1 aliphatic heterocycles. The number of likely N-dealkylation sites (tertiary alicyclic amines) is 1. The van der Waals surface area contributed by atoms with Crippen LogP contribution in [-0.2, 0) is 20.8 Å². The van der Waals surface area contributed by atoms with E-state index in [0.717, 1.165) is 5.56 Å². The third-order valence-electron chi connectivity index (χ3n) is 5.23. The van der Waals surface area contributed by atoms with Crippen molar-refractivity contribution in [1.82, 2.24) is 10.2 Å². The SMILES string of the molecule is C[C@@H](c1ccc(F)cc1)N1CC(C(=O)NCCCc2ccc(Cl)c(Cl)c2)C(=O)C1=O. The number of Topliss-reactive ketones (excluding diaryl/α,β-unsaturated/α-hetero) is 1. The Morgan fingerprint density at radius 2 is 1.87 bits per heavy atom. The summed E-state index contributed by atoms with van der Waals surface area (Å²) in [7, 11) is 0. The Kier molecular flexibility index (Phi) is 7.10.